The van der Waals surface area contributed by atoms with Gasteiger partial charge in [0.15, 0.2) is 5.88 Å². The highest BCUT2D eigenvalue weighted by Gasteiger charge is 2.15. The van der Waals surface area contributed by atoms with Crippen molar-refractivity contribution in [2.75, 3.05) is 7.11 Å². The number of aromatic amines is 1. The topological polar surface area (TPSA) is 70.5 Å². The number of aromatic hydroxyl groups is 1. The van der Waals surface area contributed by atoms with Gasteiger partial charge in [-0.05, 0) is 25.1 Å². The first kappa shape index (κ1) is 15.2. The number of aromatic nitrogens is 2. The Balaban J connectivity index is 1.89. The molecule has 2 aromatic heterocycles. The molecular weight excluding hydrogens is 314 g/mol. The molecule has 0 saturated heterocycles. The van der Waals surface area contributed by atoms with Gasteiger partial charge in [-0.1, -0.05) is 41.6 Å². The van der Waals surface area contributed by atoms with Crippen molar-refractivity contribution in [2.45, 2.75) is 6.92 Å². The number of oxime groups is 1. The van der Waals surface area contributed by atoms with Crippen molar-refractivity contribution in [2.24, 2.45) is 5.16 Å². The van der Waals surface area contributed by atoms with Gasteiger partial charge in [0.1, 0.15) is 7.11 Å². The minimum atomic E-state index is 0.108. The normalized spacial score (nSPS) is 12.0. The molecule has 0 fully saturated rings. The molecule has 5 nitrogen and oxygen atoms in total. The second kappa shape index (κ2) is 5.94. The van der Waals surface area contributed by atoms with Gasteiger partial charge in [-0.25, -0.2) is 4.98 Å². The first-order valence-electron chi connectivity index (χ1n) is 7.96. The number of rotatable bonds is 3. The molecule has 2 N–H and O–H groups in total. The van der Waals surface area contributed by atoms with Gasteiger partial charge < -0.3 is 14.9 Å². The lowest BCUT2D eigenvalue weighted by Gasteiger charge is -2.04. The molecule has 25 heavy (non-hydrogen) atoms. The summed E-state index contributed by atoms with van der Waals surface area (Å²) in [5.41, 5.74) is 4.85. The van der Waals surface area contributed by atoms with Crippen molar-refractivity contribution in [1.82, 2.24) is 9.97 Å². The van der Waals surface area contributed by atoms with Gasteiger partial charge in [-0.2, -0.15) is 0 Å². The lowest BCUT2D eigenvalue weighted by Crippen LogP contribution is -1.94. The molecule has 0 atom stereocenters. The Labute approximate surface area is 144 Å². The van der Waals surface area contributed by atoms with E-state index in [1.165, 1.54) is 7.11 Å². The second-order valence-electron chi connectivity index (χ2n) is 5.86. The molecule has 4 aromatic rings. The minimum absolute atomic E-state index is 0.108. The molecule has 2 heterocycles. The van der Waals surface area contributed by atoms with Crippen LogP contribution in [0.4, 0.5) is 0 Å². The van der Waals surface area contributed by atoms with Crippen LogP contribution >= 0.6 is 0 Å². The predicted octanol–water partition coefficient (Wildman–Crippen LogP) is 4.46. The Bertz CT molecular complexity index is 1110. The maximum atomic E-state index is 10.4. The van der Waals surface area contributed by atoms with Crippen LogP contribution in [0.3, 0.4) is 0 Å². The zero-order chi connectivity index (χ0) is 17.4. The first-order chi connectivity index (χ1) is 12.2. The van der Waals surface area contributed by atoms with E-state index < -0.39 is 0 Å². The largest absolute Gasteiger partial charge is 0.494 e. The fourth-order valence-corrected chi connectivity index (χ4v) is 3.06. The maximum absolute atomic E-state index is 10.4. The van der Waals surface area contributed by atoms with Gasteiger partial charge in [0.05, 0.1) is 22.5 Å². The number of H-pyrrole nitrogens is 1. The van der Waals surface area contributed by atoms with Crippen LogP contribution in [0, 0.1) is 0 Å². The molecule has 0 unspecified atom stereocenters. The van der Waals surface area contributed by atoms with E-state index >= 15 is 0 Å². The van der Waals surface area contributed by atoms with E-state index in [2.05, 4.69) is 10.1 Å². The van der Waals surface area contributed by atoms with E-state index in [0.717, 1.165) is 38.8 Å². The summed E-state index contributed by atoms with van der Waals surface area (Å²) >= 11 is 0. The van der Waals surface area contributed by atoms with Crippen molar-refractivity contribution in [3.05, 3.63) is 60.2 Å². The van der Waals surface area contributed by atoms with Crippen LogP contribution in [0.25, 0.3) is 33.1 Å². The summed E-state index contributed by atoms with van der Waals surface area (Å²) in [5.74, 6) is 0.108. The van der Waals surface area contributed by atoms with E-state index in [4.69, 9.17) is 9.82 Å². The van der Waals surface area contributed by atoms with E-state index in [-0.39, 0.29) is 5.88 Å². The van der Waals surface area contributed by atoms with E-state index in [0.29, 0.717) is 5.56 Å². The quantitative estimate of drug-likeness (QED) is 0.430. The highest BCUT2D eigenvalue weighted by molar-refractivity contribution is 6.05. The highest BCUT2D eigenvalue weighted by atomic mass is 16.6. The van der Waals surface area contributed by atoms with Crippen molar-refractivity contribution in [1.29, 1.82) is 0 Å². The van der Waals surface area contributed by atoms with Gasteiger partial charge in [-0.3, -0.25) is 0 Å². The molecule has 0 amide bonds. The first-order valence-corrected chi connectivity index (χ1v) is 7.96. The Hall–Kier alpha value is -3.34. The number of benzene rings is 2. The van der Waals surface area contributed by atoms with Crippen molar-refractivity contribution >= 4 is 27.5 Å². The van der Waals surface area contributed by atoms with Crippen LogP contribution in [-0.2, 0) is 4.84 Å². The standard InChI is InChI=1S/C20H17N3O2/c1-12(23-25-2)14-7-9-15-18(11-14)22-20(24)19(15)17-10-8-13-5-3-4-6-16(13)21-17/h3-11,22,24H,1-2H3/b23-12+. The summed E-state index contributed by atoms with van der Waals surface area (Å²) in [6, 6.07) is 17.7. The smallest absolute Gasteiger partial charge is 0.199 e. The number of hydrogen-bond donors (Lipinski definition) is 2. The SMILES string of the molecule is CO/N=C(\C)c1ccc2c(-c3ccc4ccccc4n3)c(O)[nH]c2c1. The number of para-hydroxylation sites is 1. The molecule has 0 aliphatic carbocycles. The summed E-state index contributed by atoms with van der Waals surface area (Å²) in [6.07, 6.45) is 0. The van der Waals surface area contributed by atoms with Gasteiger partial charge >= 0.3 is 0 Å². The monoisotopic (exact) mass is 331 g/mol. The summed E-state index contributed by atoms with van der Waals surface area (Å²) in [5, 5.41) is 16.4. The third-order valence-electron chi connectivity index (χ3n) is 4.28. The summed E-state index contributed by atoms with van der Waals surface area (Å²) < 4.78 is 0. The molecule has 0 aliphatic rings. The van der Waals surface area contributed by atoms with Crippen LogP contribution in [0.1, 0.15) is 12.5 Å². The Morgan fingerprint density at radius 2 is 1.96 bits per heavy atom. The van der Waals surface area contributed by atoms with E-state index in [1.54, 1.807) is 0 Å². The maximum Gasteiger partial charge on any atom is 0.199 e. The third-order valence-corrected chi connectivity index (χ3v) is 4.28. The predicted molar refractivity (Wildman–Crippen MR) is 99.9 cm³/mol. The van der Waals surface area contributed by atoms with Gasteiger partial charge in [-0.15, -0.1) is 0 Å². The van der Waals surface area contributed by atoms with Crippen LogP contribution in [0.2, 0.25) is 0 Å². The lowest BCUT2D eigenvalue weighted by molar-refractivity contribution is 0.213. The summed E-state index contributed by atoms with van der Waals surface area (Å²) in [6.45, 7) is 1.87. The third kappa shape index (κ3) is 2.59. The highest BCUT2D eigenvalue weighted by Crippen LogP contribution is 2.36. The van der Waals surface area contributed by atoms with Crippen LogP contribution in [0.5, 0.6) is 5.88 Å². The number of nitrogens with zero attached hydrogens (tertiary/aromatic N) is 2. The molecule has 0 aliphatic heterocycles. The molecule has 0 saturated carbocycles. The molecule has 5 heteroatoms. The Kier molecular flexibility index (Phi) is 3.61. The number of pyridine rings is 1. The average molecular weight is 331 g/mol. The number of fused-ring (bicyclic) bond motifs is 2. The molecular formula is C20H17N3O2. The molecule has 2 aromatic carbocycles. The molecule has 0 bridgehead atoms. The zero-order valence-corrected chi connectivity index (χ0v) is 13.9. The number of hydrogen-bond acceptors (Lipinski definition) is 4. The van der Waals surface area contributed by atoms with Crippen LogP contribution < -0.4 is 0 Å². The van der Waals surface area contributed by atoms with Gasteiger partial charge in [0, 0.05) is 21.9 Å². The Morgan fingerprint density at radius 1 is 1.12 bits per heavy atom. The molecule has 124 valence electrons. The molecule has 0 radical (unpaired) electrons. The molecule has 0 spiro atoms. The van der Waals surface area contributed by atoms with Crippen molar-refractivity contribution < 1.29 is 9.94 Å². The number of nitrogens with one attached hydrogen (secondary N) is 1. The zero-order valence-electron chi connectivity index (χ0n) is 13.9. The van der Waals surface area contributed by atoms with E-state index in [1.807, 2.05) is 61.5 Å². The van der Waals surface area contributed by atoms with E-state index in [9.17, 15) is 5.11 Å². The Morgan fingerprint density at radius 3 is 2.80 bits per heavy atom. The van der Waals surface area contributed by atoms with Gasteiger partial charge in [0.2, 0.25) is 0 Å². The second-order valence-corrected chi connectivity index (χ2v) is 5.86. The summed E-state index contributed by atoms with van der Waals surface area (Å²) in [4.78, 5) is 12.6. The lowest BCUT2D eigenvalue weighted by atomic mass is 10.0. The van der Waals surface area contributed by atoms with Crippen LogP contribution in [0.15, 0.2) is 59.8 Å². The average Bonchev–Trinajstić information content (AvgIpc) is 2.96. The fourth-order valence-electron chi connectivity index (χ4n) is 3.06. The fraction of sp³-hybridized carbons (Fsp3) is 0.100. The van der Waals surface area contributed by atoms with Crippen molar-refractivity contribution in [3.63, 3.8) is 0 Å². The van der Waals surface area contributed by atoms with Crippen LogP contribution in [-0.4, -0.2) is 27.9 Å². The molecule has 4 rings (SSSR count). The minimum Gasteiger partial charge on any atom is -0.494 e. The van der Waals surface area contributed by atoms with Crippen molar-refractivity contribution in [3.8, 4) is 17.1 Å². The summed E-state index contributed by atoms with van der Waals surface area (Å²) in [7, 11) is 1.52. The van der Waals surface area contributed by atoms with Gasteiger partial charge in [0.25, 0.3) is 0 Å².